The normalized spacial score (nSPS) is 24.4. The number of nitrogens with zero attached hydrogens (tertiary/aromatic N) is 1. The van der Waals surface area contributed by atoms with Crippen LogP contribution in [0.2, 0.25) is 0 Å². The number of nitrogen functional groups attached to an aromatic ring is 1. The molecule has 21 heavy (non-hydrogen) atoms. The maximum Gasteiger partial charge on any atom is 0.233 e. The minimum atomic E-state index is -0.245. The van der Waals surface area contributed by atoms with Crippen LogP contribution < -0.4 is 5.73 Å². The van der Waals surface area contributed by atoms with Gasteiger partial charge in [0.1, 0.15) is 0 Å². The van der Waals surface area contributed by atoms with E-state index in [9.17, 15) is 4.79 Å². The van der Waals surface area contributed by atoms with Crippen LogP contribution in [0.4, 0.5) is 5.69 Å². The summed E-state index contributed by atoms with van der Waals surface area (Å²) in [6.45, 7) is 3.15. The molecule has 3 heteroatoms. The molecule has 1 atom stereocenters. The molecule has 1 aromatic rings. The van der Waals surface area contributed by atoms with Crippen molar-refractivity contribution in [3.8, 4) is 0 Å². The molecule has 1 heterocycles. The van der Waals surface area contributed by atoms with Gasteiger partial charge in [-0.25, -0.2) is 0 Å². The van der Waals surface area contributed by atoms with Crippen LogP contribution in [0.3, 0.4) is 0 Å². The number of likely N-dealkylation sites (tertiary alicyclic amines) is 1. The van der Waals surface area contributed by atoms with Crippen LogP contribution in [0.25, 0.3) is 0 Å². The Morgan fingerprint density at radius 2 is 1.95 bits per heavy atom. The SMILES string of the molecule is CCC1CCCCCN1C(=O)C1(c2ccc(N)cc2)CC1. The number of amides is 1. The molecule has 1 saturated heterocycles. The van der Waals surface area contributed by atoms with Crippen LogP contribution in [0, 0.1) is 0 Å². The summed E-state index contributed by atoms with van der Waals surface area (Å²) >= 11 is 0. The molecule has 2 aliphatic rings. The highest BCUT2D eigenvalue weighted by Gasteiger charge is 2.53. The molecule has 1 saturated carbocycles. The molecule has 114 valence electrons. The summed E-state index contributed by atoms with van der Waals surface area (Å²) in [6.07, 6.45) is 7.89. The summed E-state index contributed by atoms with van der Waals surface area (Å²) in [5.74, 6) is 0.362. The molecule has 3 rings (SSSR count). The highest BCUT2D eigenvalue weighted by atomic mass is 16.2. The number of nitrogens with two attached hydrogens (primary N) is 1. The monoisotopic (exact) mass is 286 g/mol. The number of hydrogen-bond donors (Lipinski definition) is 1. The third kappa shape index (κ3) is 2.66. The highest BCUT2D eigenvalue weighted by molar-refractivity contribution is 5.91. The van der Waals surface area contributed by atoms with E-state index in [1.807, 2.05) is 24.3 Å². The van der Waals surface area contributed by atoms with Gasteiger partial charge in [0, 0.05) is 18.3 Å². The summed E-state index contributed by atoms with van der Waals surface area (Å²) in [5, 5.41) is 0. The second-order valence-corrected chi connectivity index (χ2v) is 6.61. The zero-order valence-electron chi connectivity index (χ0n) is 13.0. The van der Waals surface area contributed by atoms with Gasteiger partial charge < -0.3 is 10.6 Å². The van der Waals surface area contributed by atoms with E-state index in [2.05, 4.69) is 11.8 Å². The second-order valence-electron chi connectivity index (χ2n) is 6.61. The molecule has 2 N–H and O–H groups in total. The Kier molecular flexibility index (Phi) is 3.92. The number of carbonyl (C=O) groups is 1. The molecule has 1 aliphatic heterocycles. The first-order valence-electron chi connectivity index (χ1n) is 8.34. The number of anilines is 1. The standard InChI is InChI=1S/C18H26N2O/c1-2-16-6-4-3-5-13-20(16)17(21)18(11-12-18)14-7-9-15(19)10-8-14/h7-10,16H,2-6,11-13,19H2,1H3. The molecular formula is C18H26N2O. The fourth-order valence-electron chi connectivity index (χ4n) is 3.70. The zero-order chi connectivity index (χ0) is 14.9. The van der Waals surface area contributed by atoms with Gasteiger partial charge in [-0.15, -0.1) is 0 Å². The molecule has 0 bridgehead atoms. The second kappa shape index (κ2) is 5.70. The largest absolute Gasteiger partial charge is 0.399 e. The van der Waals surface area contributed by atoms with Crippen molar-refractivity contribution in [1.29, 1.82) is 0 Å². The van der Waals surface area contributed by atoms with Crippen molar-refractivity contribution in [2.24, 2.45) is 0 Å². The Hall–Kier alpha value is -1.51. The van der Waals surface area contributed by atoms with Crippen molar-refractivity contribution in [2.75, 3.05) is 12.3 Å². The van der Waals surface area contributed by atoms with Gasteiger partial charge in [-0.3, -0.25) is 4.79 Å². The van der Waals surface area contributed by atoms with Crippen LogP contribution in [0.1, 0.15) is 57.4 Å². The van der Waals surface area contributed by atoms with E-state index in [0.717, 1.165) is 43.5 Å². The van der Waals surface area contributed by atoms with Gasteiger partial charge in [0.05, 0.1) is 5.41 Å². The zero-order valence-corrected chi connectivity index (χ0v) is 13.0. The molecule has 0 aromatic heterocycles. The van der Waals surface area contributed by atoms with Crippen LogP contribution in [0.5, 0.6) is 0 Å². The predicted molar refractivity (Wildman–Crippen MR) is 86.0 cm³/mol. The van der Waals surface area contributed by atoms with E-state index >= 15 is 0 Å². The lowest BCUT2D eigenvalue weighted by Gasteiger charge is -2.33. The fraction of sp³-hybridized carbons (Fsp3) is 0.611. The van der Waals surface area contributed by atoms with Crippen LogP contribution in [-0.2, 0) is 10.2 Å². The van der Waals surface area contributed by atoms with E-state index in [4.69, 9.17) is 5.73 Å². The molecule has 0 radical (unpaired) electrons. The fourth-order valence-corrected chi connectivity index (χ4v) is 3.70. The molecule has 1 unspecified atom stereocenters. The lowest BCUT2D eigenvalue weighted by Crippen LogP contribution is -2.45. The van der Waals surface area contributed by atoms with Crippen LogP contribution >= 0.6 is 0 Å². The van der Waals surface area contributed by atoms with Gasteiger partial charge in [-0.05, 0) is 49.8 Å². The van der Waals surface area contributed by atoms with Gasteiger partial charge >= 0.3 is 0 Å². The van der Waals surface area contributed by atoms with Gasteiger partial charge in [0.25, 0.3) is 0 Å². The lowest BCUT2D eigenvalue weighted by atomic mass is 9.93. The van der Waals surface area contributed by atoms with Gasteiger partial charge in [0.2, 0.25) is 5.91 Å². The Bertz CT molecular complexity index is 504. The van der Waals surface area contributed by atoms with Crippen molar-refractivity contribution < 1.29 is 4.79 Å². The van der Waals surface area contributed by atoms with Crippen molar-refractivity contribution >= 4 is 11.6 Å². The molecular weight excluding hydrogens is 260 g/mol. The Balaban J connectivity index is 1.84. The van der Waals surface area contributed by atoms with Gasteiger partial charge in [-0.1, -0.05) is 31.9 Å². The third-order valence-electron chi connectivity index (χ3n) is 5.23. The molecule has 1 amide bonds. The van der Waals surface area contributed by atoms with E-state index in [1.54, 1.807) is 0 Å². The average Bonchev–Trinajstić information content (AvgIpc) is 3.31. The first-order chi connectivity index (χ1) is 10.2. The molecule has 3 nitrogen and oxygen atoms in total. The number of carbonyl (C=O) groups excluding carboxylic acids is 1. The summed E-state index contributed by atoms with van der Waals surface area (Å²) in [6, 6.07) is 8.36. The van der Waals surface area contributed by atoms with E-state index < -0.39 is 0 Å². The summed E-state index contributed by atoms with van der Waals surface area (Å²) < 4.78 is 0. The first-order valence-corrected chi connectivity index (χ1v) is 8.34. The summed E-state index contributed by atoms with van der Waals surface area (Å²) in [5.41, 5.74) is 7.45. The Labute approximate surface area is 127 Å². The highest BCUT2D eigenvalue weighted by Crippen LogP contribution is 2.50. The average molecular weight is 286 g/mol. The predicted octanol–water partition coefficient (Wildman–Crippen LogP) is 3.48. The number of hydrogen-bond acceptors (Lipinski definition) is 2. The van der Waals surface area contributed by atoms with Crippen molar-refractivity contribution in [1.82, 2.24) is 4.90 Å². The van der Waals surface area contributed by atoms with E-state index in [0.29, 0.717) is 11.9 Å². The third-order valence-corrected chi connectivity index (χ3v) is 5.23. The Morgan fingerprint density at radius 3 is 2.57 bits per heavy atom. The van der Waals surface area contributed by atoms with Gasteiger partial charge in [0.15, 0.2) is 0 Å². The molecule has 1 aliphatic carbocycles. The van der Waals surface area contributed by atoms with Crippen LogP contribution in [-0.4, -0.2) is 23.4 Å². The maximum absolute atomic E-state index is 13.2. The molecule has 0 spiro atoms. The van der Waals surface area contributed by atoms with Crippen molar-refractivity contribution in [2.45, 2.75) is 63.3 Å². The van der Waals surface area contributed by atoms with E-state index in [1.165, 1.54) is 19.3 Å². The maximum atomic E-state index is 13.2. The number of rotatable bonds is 3. The van der Waals surface area contributed by atoms with Crippen LogP contribution in [0.15, 0.2) is 24.3 Å². The van der Waals surface area contributed by atoms with E-state index in [-0.39, 0.29) is 5.41 Å². The Morgan fingerprint density at radius 1 is 1.24 bits per heavy atom. The van der Waals surface area contributed by atoms with Crippen molar-refractivity contribution in [3.63, 3.8) is 0 Å². The summed E-state index contributed by atoms with van der Waals surface area (Å²) in [7, 11) is 0. The minimum absolute atomic E-state index is 0.245. The minimum Gasteiger partial charge on any atom is -0.399 e. The molecule has 2 fully saturated rings. The molecule has 1 aromatic carbocycles. The number of benzene rings is 1. The lowest BCUT2D eigenvalue weighted by molar-refractivity contribution is -0.136. The first kappa shape index (κ1) is 14.4. The smallest absolute Gasteiger partial charge is 0.233 e. The van der Waals surface area contributed by atoms with Gasteiger partial charge in [-0.2, -0.15) is 0 Å². The van der Waals surface area contributed by atoms with Crippen molar-refractivity contribution in [3.05, 3.63) is 29.8 Å². The topological polar surface area (TPSA) is 46.3 Å². The quantitative estimate of drug-likeness (QED) is 0.865. The summed E-state index contributed by atoms with van der Waals surface area (Å²) in [4.78, 5) is 15.4.